The number of hydrogen-bond acceptors (Lipinski definition) is 4. The Morgan fingerprint density at radius 3 is 2.16 bits per heavy atom. The van der Waals surface area contributed by atoms with Gasteiger partial charge < -0.3 is 5.11 Å². The monoisotopic (exact) mass is 262 g/mol. The molecule has 19 heavy (non-hydrogen) atoms. The summed E-state index contributed by atoms with van der Waals surface area (Å²) in [4.78, 5) is 35.8. The number of Topliss-reactive ketones (excluding diaryl/α,β-unsaturated/α-hetero) is 2. The molecule has 0 amide bonds. The second-order valence-corrected chi connectivity index (χ2v) is 6.35. The van der Waals surface area contributed by atoms with Gasteiger partial charge in [0.15, 0.2) is 11.5 Å². The Labute approximate surface area is 112 Å². The number of rotatable bonds is 1. The van der Waals surface area contributed by atoms with Crippen LogP contribution in [0.1, 0.15) is 40.5 Å². The molecule has 4 heteroatoms. The van der Waals surface area contributed by atoms with E-state index < -0.39 is 22.4 Å². The van der Waals surface area contributed by atoms with Gasteiger partial charge in [0.05, 0.1) is 5.57 Å². The maximum atomic E-state index is 12.2. The minimum Gasteiger partial charge on any atom is -0.504 e. The SMILES string of the molecule is CC1=CC(=O)C(C2(C)CC(=O)CC2(C)C)=C(O)C1=O. The first-order valence-corrected chi connectivity index (χ1v) is 6.33. The summed E-state index contributed by atoms with van der Waals surface area (Å²) in [5.41, 5.74) is -0.920. The van der Waals surface area contributed by atoms with Crippen molar-refractivity contribution in [2.45, 2.75) is 40.5 Å². The van der Waals surface area contributed by atoms with Gasteiger partial charge in [0.2, 0.25) is 5.78 Å². The van der Waals surface area contributed by atoms with Crippen LogP contribution in [0.25, 0.3) is 0 Å². The van der Waals surface area contributed by atoms with Crippen molar-refractivity contribution in [1.82, 2.24) is 0 Å². The summed E-state index contributed by atoms with van der Waals surface area (Å²) in [6, 6.07) is 0. The van der Waals surface area contributed by atoms with Crippen LogP contribution in [0, 0.1) is 10.8 Å². The summed E-state index contributed by atoms with van der Waals surface area (Å²) in [7, 11) is 0. The highest BCUT2D eigenvalue weighted by Crippen LogP contribution is 2.56. The van der Waals surface area contributed by atoms with E-state index in [1.165, 1.54) is 13.0 Å². The van der Waals surface area contributed by atoms with E-state index >= 15 is 0 Å². The summed E-state index contributed by atoms with van der Waals surface area (Å²) in [5, 5.41) is 10.1. The molecular formula is C15H18O4. The van der Waals surface area contributed by atoms with Crippen LogP contribution < -0.4 is 0 Å². The molecule has 1 fully saturated rings. The molecule has 0 aromatic heterocycles. The number of allylic oxidation sites excluding steroid dienone is 3. The van der Waals surface area contributed by atoms with Gasteiger partial charge in [0.1, 0.15) is 5.78 Å². The Morgan fingerprint density at radius 2 is 1.68 bits per heavy atom. The third-order valence-corrected chi connectivity index (χ3v) is 4.64. The van der Waals surface area contributed by atoms with Crippen LogP contribution in [0.15, 0.2) is 23.0 Å². The first-order valence-electron chi connectivity index (χ1n) is 6.33. The van der Waals surface area contributed by atoms with Crippen molar-refractivity contribution < 1.29 is 19.5 Å². The molecule has 1 N–H and O–H groups in total. The molecule has 2 rings (SSSR count). The number of carbonyl (C=O) groups excluding carboxylic acids is 3. The Hall–Kier alpha value is -1.71. The molecule has 0 heterocycles. The van der Waals surface area contributed by atoms with Crippen molar-refractivity contribution in [2.75, 3.05) is 0 Å². The molecule has 0 saturated heterocycles. The minimum absolute atomic E-state index is 0.0549. The number of ketones is 3. The summed E-state index contributed by atoms with van der Waals surface area (Å²) >= 11 is 0. The van der Waals surface area contributed by atoms with Crippen LogP contribution in [-0.2, 0) is 14.4 Å². The standard InChI is InChI=1S/C15H18O4/c1-8-5-10(17)11(13(19)12(8)18)15(4)7-9(16)6-14(15,2)3/h5,19H,6-7H2,1-4H3. The molecule has 0 aromatic carbocycles. The van der Waals surface area contributed by atoms with Gasteiger partial charge in [0.25, 0.3) is 0 Å². The maximum Gasteiger partial charge on any atom is 0.223 e. The summed E-state index contributed by atoms with van der Waals surface area (Å²) in [5.74, 6) is -1.32. The number of carbonyl (C=O) groups is 3. The quantitative estimate of drug-likeness (QED) is 0.736. The highest BCUT2D eigenvalue weighted by atomic mass is 16.3. The second-order valence-electron chi connectivity index (χ2n) is 6.35. The first kappa shape index (κ1) is 13.7. The highest BCUT2D eigenvalue weighted by Gasteiger charge is 2.55. The topological polar surface area (TPSA) is 71.4 Å². The highest BCUT2D eigenvalue weighted by molar-refractivity contribution is 6.22. The lowest BCUT2D eigenvalue weighted by atomic mass is 9.62. The molecule has 2 aliphatic carbocycles. The van der Waals surface area contributed by atoms with Gasteiger partial charge in [-0.05, 0) is 18.4 Å². The van der Waals surface area contributed by atoms with Gasteiger partial charge in [-0.1, -0.05) is 20.8 Å². The largest absolute Gasteiger partial charge is 0.504 e. The average Bonchev–Trinajstić information content (AvgIpc) is 2.44. The van der Waals surface area contributed by atoms with Gasteiger partial charge >= 0.3 is 0 Å². The van der Waals surface area contributed by atoms with E-state index in [2.05, 4.69) is 0 Å². The van der Waals surface area contributed by atoms with Crippen molar-refractivity contribution in [2.24, 2.45) is 10.8 Å². The lowest BCUT2D eigenvalue weighted by Gasteiger charge is -2.39. The third kappa shape index (κ3) is 1.78. The first-order chi connectivity index (χ1) is 8.60. The number of hydrogen-bond donors (Lipinski definition) is 1. The molecule has 1 unspecified atom stereocenters. The van der Waals surface area contributed by atoms with E-state index in [0.29, 0.717) is 6.42 Å². The maximum absolute atomic E-state index is 12.2. The molecule has 0 bridgehead atoms. The van der Waals surface area contributed by atoms with Crippen LogP contribution in [-0.4, -0.2) is 22.5 Å². The van der Waals surface area contributed by atoms with E-state index in [9.17, 15) is 19.5 Å². The summed E-state index contributed by atoms with van der Waals surface area (Å²) < 4.78 is 0. The number of aliphatic hydroxyl groups excluding tert-OH is 1. The Balaban J connectivity index is 2.61. The van der Waals surface area contributed by atoms with E-state index in [0.717, 1.165) is 0 Å². The molecule has 4 nitrogen and oxygen atoms in total. The van der Waals surface area contributed by atoms with Crippen LogP contribution in [0.4, 0.5) is 0 Å². The van der Waals surface area contributed by atoms with Crippen molar-refractivity contribution in [3.05, 3.63) is 23.0 Å². The lowest BCUT2D eigenvalue weighted by Crippen LogP contribution is -2.37. The van der Waals surface area contributed by atoms with Crippen LogP contribution in [0.2, 0.25) is 0 Å². The predicted octanol–water partition coefficient (Wildman–Crippen LogP) is 2.29. The lowest BCUT2D eigenvalue weighted by molar-refractivity contribution is -0.119. The zero-order valence-electron chi connectivity index (χ0n) is 11.7. The van der Waals surface area contributed by atoms with Gasteiger partial charge in [-0.25, -0.2) is 0 Å². The van der Waals surface area contributed by atoms with Gasteiger partial charge in [0, 0.05) is 23.8 Å². The Kier molecular flexibility index (Phi) is 2.81. The Bertz CT molecular complexity index is 563. The third-order valence-electron chi connectivity index (χ3n) is 4.64. The second kappa shape index (κ2) is 3.89. The molecule has 1 saturated carbocycles. The fraction of sp³-hybridized carbons (Fsp3) is 0.533. The zero-order valence-corrected chi connectivity index (χ0v) is 11.7. The van der Waals surface area contributed by atoms with Gasteiger partial charge in [-0.15, -0.1) is 0 Å². The van der Waals surface area contributed by atoms with Crippen molar-refractivity contribution >= 4 is 17.3 Å². The van der Waals surface area contributed by atoms with E-state index in [-0.39, 0.29) is 29.1 Å². The van der Waals surface area contributed by atoms with Crippen LogP contribution >= 0.6 is 0 Å². The average molecular weight is 262 g/mol. The molecule has 0 aliphatic heterocycles. The van der Waals surface area contributed by atoms with Crippen LogP contribution in [0.3, 0.4) is 0 Å². The van der Waals surface area contributed by atoms with E-state index in [1.54, 1.807) is 6.92 Å². The van der Waals surface area contributed by atoms with Crippen LogP contribution in [0.5, 0.6) is 0 Å². The molecule has 0 radical (unpaired) electrons. The fourth-order valence-electron chi connectivity index (χ4n) is 3.10. The van der Waals surface area contributed by atoms with Crippen molar-refractivity contribution in [1.29, 1.82) is 0 Å². The van der Waals surface area contributed by atoms with Gasteiger partial charge in [-0.2, -0.15) is 0 Å². The smallest absolute Gasteiger partial charge is 0.223 e. The summed E-state index contributed by atoms with van der Waals surface area (Å²) in [6.07, 6.45) is 1.79. The molecule has 102 valence electrons. The molecule has 0 spiro atoms. The predicted molar refractivity (Wildman–Crippen MR) is 69.6 cm³/mol. The molecule has 1 atom stereocenters. The Morgan fingerprint density at radius 1 is 1.11 bits per heavy atom. The molecule has 0 aromatic rings. The molecule has 2 aliphatic rings. The van der Waals surface area contributed by atoms with Crippen molar-refractivity contribution in [3.8, 4) is 0 Å². The number of aliphatic hydroxyl groups is 1. The normalized spacial score (nSPS) is 30.9. The minimum atomic E-state index is -0.794. The zero-order chi connectivity index (χ0) is 14.6. The van der Waals surface area contributed by atoms with Gasteiger partial charge in [-0.3, -0.25) is 14.4 Å². The molecular weight excluding hydrogens is 244 g/mol. The van der Waals surface area contributed by atoms with E-state index in [1.807, 2.05) is 13.8 Å². The van der Waals surface area contributed by atoms with E-state index in [4.69, 9.17) is 0 Å². The fourth-order valence-corrected chi connectivity index (χ4v) is 3.10. The van der Waals surface area contributed by atoms with Crippen molar-refractivity contribution in [3.63, 3.8) is 0 Å². The summed E-state index contributed by atoms with van der Waals surface area (Å²) in [6.45, 7) is 7.06.